The molecule has 6 heteroatoms. The summed E-state index contributed by atoms with van der Waals surface area (Å²) in [5.41, 5.74) is 14.1. The van der Waals surface area contributed by atoms with Crippen LogP contribution >= 0.6 is 0 Å². The summed E-state index contributed by atoms with van der Waals surface area (Å²) in [7, 11) is 0. The Balaban J connectivity index is 0.00000345. The van der Waals surface area contributed by atoms with E-state index in [1.807, 2.05) is 46.4 Å². The highest BCUT2D eigenvalue weighted by atomic mass is 16.5. The Labute approximate surface area is 315 Å². The van der Waals surface area contributed by atoms with Crippen molar-refractivity contribution in [3.63, 3.8) is 0 Å². The molecular weight excluding hydrogens is 631 g/mol. The molecule has 0 aliphatic heterocycles. The van der Waals surface area contributed by atoms with Gasteiger partial charge in [-0.3, -0.25) is 9.59 Å². The van der Waals surface area contributed by atoms with Crippen molar-refractivity contribution in [2.45, 2.75) is 202 Å². The Morgan fingerprint density at radius 1 is 0.922 bits per heavy atom. The maximum absolute atomic E-state index is 13.3. The number of hydrogen-bond acceptors (Lipinski definition) is 5. The molecule has 0 radical (unpaired) electrons. The summed E-state index contributed by atoms with van der Waals surface area (Å²) in [4.78, 5) is 28.2. The van der Waals surface area contributed by atoms with Crippen LogP contribution in [0.25, 0.3) is 0 Å². The summed E-state index contributed by atoms with van der Waals surface area (Å²) in [5, 5.41) is 0. The molecule has 8 atom stereocenters. The van der Waals surface area contributed by atoms with Crippen molar-refractivity contribution < 1.29 is 14.3 Å². The van der Waals surface area contributed by atoms with Crippen molar-refractivity contribution in [2.75, 3.05) is 13.1 Å². The lowest BCUT2D eigenvalue weighted by atomic mass is 9.47. The average Bonchev–Trinajstić information content (AvgIpc) is 3.39. The van der Waals surface area contributed by atoms with Gasteiger partial charge in [-0.25, -0.2) is 0 Å². The summed E-state index contributed by atoms with van der Waals surface area (Å²) in [5.74, 6) is 4.80. The molecule has 0 aromatic carbocycles. The highest BCUT2D eigenvalue weighted by Crippen LogP contribution is 2.67. The topological polar surface area (TPSA) is 98.7 Å². The van der Waals surface area contributed by atoms with E-state index in [-0.39, 0.29) is 47.3 Å². The van der Waals surface area contributed by atoms with Gasteiger partial charge in [-0.05, 0) is 145 Å². The number of rotatable bonds is 17. The highest BCUT2D eigenvalue weighted by molar-refractivity contribution is 5.81. The van der Waals surface area contributed by atoms with Crippen LogP contribution in [0, 0.1) is 46.3 Å². The predicted octanol–water partition coefficient (Wildman–Crippen LogP) is 10.6. The first-order valence-electron chi connectivity index (χ1n) is 21.6. The van der Waals surface area contributed by atoms with Crippen LogP contribution in [-0.4, -0.2) is 47.0 Å². The van der Waals surface area contributed by atoms with E-state index in [2.05, 4.69) is 40.7 Å². The second-order valence-electron chi connectivity index (χ2n) is 19.5. The van der Waals surface area contributed by atoms with Gasteiger partial charge in [0, 0.05) is 37.0 Å². The molecule has 0 spiro atoms. The largest absolute Gasteiger partial charge is 0.462 e. The molecule has 1 amide bonds. The SMILES string of the molecule is CC.CCC(CCCC1CCC2C3CC=C4CC(OC(=O)CCC(=O)N(CCCC(C)(C)N)CCC(C)(C)N)CCC4(C)C3CCC12C)C(C)C. The van der Waals surface area contributed by atoms with Crippen molar-refractivity contribution in [1.82, 2.24) is 4.90 Å². The molecule has 0 saturated heterocycles. The molecule has 0 aromatic heterocycles. The Hall–Kier alpha value is -1.40. The van der Waals surface area contributed by atoms with Crippen LogP contribution < -0.4 is 11.5 Å². The lowest BCUT2D eigenvalue weighted by molar-refractivity contribution is -0.153. The molecular formula is C45H83N3O3. The van der Waals surface area contributed by atoms with E-state index < -0.39 is 0 Å². The van der Waals surface area contributed by atoms with Gasteiger partial charge < -0.3 is 21.1 Å². The summed E-state index contributed by atoms with van der Waals surface area (Å²) in [6, 6.07) is 0. The van der Waals surface area contributed by atoms with Crippen molar-refractivity contribution in [3.05, 3.63) is 11.6 Å². The Kier molecular flexibility index (Phi) is 16.2. The molecule has 0 heterocycles. The van der Waals surface area contributed by atoms with Gasteiger partial charge in [-0.2, -0.15) is 0 Å². The van der Waals surface area contributed by atoms with Gasteiger partial charge >= 0.3 is 5.97 Å². The van der Waals surface area contributed by atoms with Crippen molar-refractivity contribution in [2.24, 2.45) is 57.8 Å². The number of ether oxygens (including phenoxy) is 1. The van der Waals surface area contributed by atoms with Crippen LogP contribution in [0.3, 0.4) is 0 Å². The van der Waals surface area contributed by atoms with Crippen LogP contribution in [0.5, 0.6) is 0 Å². The number of carbonyl (C=O) groups is 2. The summed E-state index contributed by atoms with van der Waals surface area (Å²) < 4.78 is 6.08. The molecule has 4 aliphatic rings. The van der Waals surface area contributed by atoms with Gasteiger partial charge in [-0.1, -0.05) is 79.4 Å². The van der Waals surface area contributed by atoms with Gasteiger partial charge in [0.2, 0.25) is 5.91 Å². The molecule has 3 fully saturated rings. The first-order chi connectivity index (χ1) is 23.9. The number of esters is 1. The van der Waals surface area contributed by atoms with Crippen molar-refractivity contribution in [1.29, 1.82) is 0 Å². The molecule has 4 aliphatic carbocycles. The standard InChI is InChI=1S/C43H77N3O3.C2H6/c1-10-31(30(2)3)13-11-14-32-16-18-36-35-17-15-33-29-34(21-24-43(33,9)37(35)22-25-42(32,36)8)49-39(48)20-19-38(47)46(28-26-41(6,7)45)27-12-23-40(4,5)44;1-2/h15,30-32,34-37H,10-14,16-29,44-45H2,1-9H3;1-2H3. The third-order valence-corrected chi connectivity index (χ3v) is 14.3. The van der Waals surface area contributed by atoms with E-state index in [0.717, 1.165) is 67.6 Å². The minimum atomic E-state index is -0.351. The highest BCUT2D eigenvalue weighted by Gasteiger charge is 2.58. The fourth-order valence-corrected chi connectivity index (χ4v) is 11.1. The van der Waals surface area contributed by atoms with Crippen LogP contribution in [-0.2, 0) is 14.3 Å². The zero-order valence-electron chi connectivity index (χ0n) is 35.4. The molecule has 51 heavy (non-hydrogen) atoms. The number of nitrogens with two attached hydrogens (primary N) is 2. The number of hydrogen-bond donors (Lipinski definition) is 2. The van der Waals surface area contributed by atoms with Crippen LogP contribution in [0.4, 0.5) is 0 Å². The second kappa shape index (κ2) is 18.8. The fourth-order valence-electron chi connectivity index (χ4n) is 11.1. The normalized spacial score (nSPS) is 31.0. The van der Waals surface area contributed by atoms with Crippen LogP contribution in [0.2, 0.25) is 0 Å². The first-order valence-corrected chi connectivity index (χ1v) is 21.6. The van der Waals surface area contributed by atoms with Gasteiger partial charge in [0.05, 0.1) is 6.42 Å². The van der Waals surface area contributed by atoms with Crippen molar-refractivity contribution in [3.8, 4) is 0 Å². The zero-order valence-corrected chi connectivity index (χ0v) is 35.4. The van der Waals surface area contributed by atoms with Crippen molar-refractivity contribution >= 4 is 11.9 Å². The fraction of sp³-hybridized carbons (Fsp3) is 0.911. The van der Waals surface area contributed by atoms with Gasteiger partial charge in [0.25, 0.3) is 0 Å². The number of allylic oxidation sites excluding steroid dienone is 1. The van der Waals surface area contributed by atoms with E-state index in [1.165, 1.54) is 57.8 Å². The smallest absolute Gasteiger partial charge is 0.306 e. The minimum Gasteiger partial charge on any atom is -0.462 e. The molecule has 0 aromatic rings. The molecule has 4 rings (SSSR count). The van der Waals surface area contributed by atoms with E-state index in [4.69, 9.17) is 16.2 Å². The Bertz CT molecular complexity index is 1130. The lowest BCUT2D eigenvalue weighted by Crippen LogP contribution is -2.50. The van der Waals surface area contributed by atoms with Gasteiger partial charge in [-0.15, -0.1) is 0 Å². The third-order valence-electron chi connectivity index (χ3n) is 14.3. The summed E-state index contributed by atoms with van der Waals surface area (Å²) in [6.07, 6.45) is 20.5. The maximum Gasteiger partial charge on any atom is 0.306 e. The monoisotopic (exact) mass is 714 g/mol. The lowest BCUT2D eigenvalue weighted by Gasteiger charge is -2.58. The van der Waals surface area contributed by atoms with Gasteiger partial charge in [0.15, 0.2) is 0 Å². The Morgan fingerprint density at radius 3 is 2.24 bits per heavy atom. The van der Waals surface area contributed by atoms with E-state index in [1.54, 1.807) is 5.57 Å². The van der Waals surface area contributed by atoms with E-state index in [0.29, 0.717) is 24.9 Å². The maximum atomic E-state index is 13.3. The second-order valence-corrected chi connectivity index (χ2v) is 19.5. The molecule has 3 saturated carbocycles. The number of nitrogens with zero attached hydrogens (tertiary/aromatic N) is 1. The molecule has 296 valence electrons. The summed E-state index contributed by atoms with van der Waals surface area (Å²) in [6.45, 7) is 25.6. The average molecular weight is 714 g/mol. The molecule has 0 bridgehead atoms. The zero-order chi connectivity index (χ0) is 38.2. The van der Waals surface area contributed by atoms with E-state index in [9.17, 15) is 9.59 Å². The Morgan fingerprint density at radius 2 is 1.61 bits per heavy atom. The van der Waals surface area contributed by atoms with Gasteiger partial charge in [0.1, 0.15) is 6.10 Å². The number of fused-ring (bicyclic) bond motifs is 5. The number of amides is 1. The molecule has 4 N–H and O–H groups in total. The van der Waals surface area contributed by atoms with Crippen LogP contribution in [0.1, 0.15) is 185 Å². The molecule has 8 unspecified atom stereocenters. The minimum absolute atomic E-state index is 0.00689. The summed E-state index contributed by atoms with van der Waals surface area (Å²) >= 11 is 0. The number of carbonyl (C=O) groups excluding carboxylic acids is 2. The molecule has 6 nitrogen and oxygen atoms in total. The predicted molar refractivity (Wildman–Crippen MR) is 215 cm³/mol. The third kappa shape index (κ3) is 11.8. The van der Waals surface area contributed by atoms with E-state index >= 15 is 0 Å². The quantitative estimate of drug-likeness (QED) is 0.115. The first kappa shape index (κ1) is 44.0. The van der Waals surface area contributed by atoms with Crippen LogP contribution in [0.15, 0.2) is 11.6 Å².